The molecule has 0 spiro atoms. The highest BCUT2D eigenvalue weighted by Gasteiger charge is 2.33. The first-order valence-corrected chi connectivity index (χ1v) is 7.18. The fourth-order valence-corrected chi connectivity index (χ4v) is 3.25. The largest absolute Gasteiger partial charge is 0.390 e. The molecule has 0 bridgehead atoms. The van der Waals surface area contributed by atoms with Crippen LogP contribution in [0.2, 0.25) is 0 Å². The topological polar surface area (TPSA) is 96.2 Å². The lowest BCUT2D eigenvalue weighted by Crippen LogP contribution is -2.35. The summed E-state index contributed by atoms with van der Waals surface area (Å²) >= 11 is 0. The van der Waals surface area contributed by atoms with Crippen LogP contribution in [0.1, 0.15) is 31.5 Å². The Morgan fingerprint density at radius 3 is 2.71 bits per heavy atom. The van der Waals surface area contributed by atoms with E-state index in [0.717, 1.165) is 17.7 Å². The summed E-state index contributed by atoms with van der Waals surface area (Å²) in [5.41, 5.74) is 0.922. The molecule has 0 amide bonds. The highest BCUT2D eigenvalue weighted by Crippen LogP contribution is 2.34. The Balaban J connectivity index is 2.34. The molecule has 0 saturated heterocycles. The first kappa shape index (κ1) is 12.6. The van der Waals surface area contributed by atoms with E-state index in [1.807, 2.05) is 0 Å². The Kier molecular flexibility index (Phi) is 2.84. The predicted molar refractivity (Wildman–Crippen MR) is 64.0 cm³/mol. The predicted octanol–water partition coefficient (Wildman–Crippen LogP) is 0.538. The van der Waals surface area contributed by atoms with E-state index in [-0.39, 0.29) is 10.8 Å². The molecular weight excluding hydrogens is 240 g/mol. The molecule has 1 atom stereocenters. The van der Waals surface area contributed by atoms with Gasteiger partial charge in [-0.05, 0) is 44.6 Å². The summed E-state index contributed by atoms with van der Waals surface area (Å²) in [6.07, 6.45) is 3.53. The van der Waals surface area contributed by atoms with Gasteiger partial charge in [-0.3, -0.25) is 0 Å². The van der Waals surface area contributed by atoms with Gasteiger partial charge in [-0.25, -0.2) is 13.6 Å². The average Bonchev–Trinajstić information content (AvgIpc) is 2.57. The normalized spacial score (nSPS) is 21.3. The lowest BCUT2D eigenvalue weighted by molar-refractivity contribution is 0.0105. The summed E-state index contributed by atoms with van der Waals surface area (Å²) in [4.78, 5) is 3.16. The van der Waals surface area contributed by atoms with Crippen molar-refractivity contribution in [2.24, 2.45) is 11.1 Å². The standard InChI is InChI=1S/C11H18N2O3S/c1-11(2,14)7-3-4-8-9(5-7)13-6-10(8)17(12,15)16/h6-7,13-14H,3-5H2,1-2H3,(H2,12,15,16). The van der Waals surface area contributed by atoms with Crippen molar-refractivity contribution in [3.05, 3.63) is 17.5 Å². The molecule has 5 nitrogen and oxygen atoms in total. The molecule has 1 heterocycles. The monoisotopic (exact) mass is 258 g/mol. The Morgan fingerprint density at radius 2 is 2.18 bits per heavy atom. The van der Waals surface area contributed by atoms with Gasteiger partial charge in [0.1, 0.15) is 4.90 Å². The van der Waals surface area contributed by atoms with Gasteiger partial charge in [0.15, 0.2) is 0 Å². The summed E-state index contributed by atoms with van der Waals surface area (Å²) in [6, 6.07) is 0. The van der Waals surface area contributed by atoms with Gasteiger partial charge in [0.25, 0.3) is 0 Å². The molecular formula is C11H18N2O3S. The third-order valence-electron chi connectivity index (χ3n) is 3.54. The van der Waals surface area contributed by atoms with Gasteiger partial charge in [-0.15, -0.1) is 0 Å². The van der Waals surface area contributed by atoms with Crippen molar-refractivity contribution in [1.82, 2.24) is 4.98 Å². The number of aliphatic hydroxyl groups is 1. The molecule has 0 aromatic carbocycles. The van der Waals surface area contributed by atoms with E-state index in [1.54, 1.807) is 13.8 Å². The van der Waals surface area contributed by atoms with Crippen molar-refractivity contribution >= 4 is 10.0 Å². The van der Waals surface area contributed by atoms with E-state index in [4.69, 9.17) is 5.14 Å². The van der Waals surface area contributed by atoms with Crippen LogP contribution in [0.15, 0.2) is 11.1 Å². The maximum Gasteiger partial charge on any atom is 0.239 e. The molecule has 2 rings (SSSR count). The Bertz CT molecular complexity index is 525. The number of hydrogen-bond acceptors (Lipinski definition) is 3. The number of aromatic amines is 1. The molecule has 6 heteroatoms. The Labute approximate surface area is 101 Å². The summed E-state index contributed by atoms with van der Waals surface area (Å²) in [6.45, 7) is 3.57. The fraction of sp³-hybridized carbons (Fsp3) is 0.636. The zero-order valence-corrected chi connectivity index (χ0v) is 10.8. The number of rotatable bonds is 2. The number of hydrogen-bond donors (Lipinski definition) is 3. The number of fused-ring (bicyclic) bond motifs is 1. The average molecular weight is 258 g/mol. The van der Waals surface area contributed by atoms with Crippen LogP contribution >= 0.6 is 0 Å². The molecule has 96 valence electrons. The number of nitrogens with two attached hydrogens (primary N) is 1. The second-order valence-corrected chi connectivity index (χ2v) is 6.78. The second-order valence-electron chi connectivity index (χ2n) is 5.25. The highest BCUT2D eigenvalue weighted by molar-refractivity contribution is 7.89. The van der Waals surface area contributed by atoms with E-state index >= 15 is 0 Å². The molecule has 0 fully saturated rings. The minimum Gasteiger partial charge on any atom is -0.390 e. The van der Waals surface area contributed by atoms with Crippen molar-refractivity contribution < 1.29 is 13.5 Å². The first-order chi connectivity index (χ1) is 7.69. The van der Waals surface area contributed by atoms with Crippen molar-refractivity contribution in [1.29, 1.82) is 0 Å². The highest BCUT2D eigenvalue weighted by atomic mass is 32.2. The maximum atomic E-state index is 11.4. The maximum absolute atomic E-state index is 11.4. The summed E-state index contributed by atoms with van der Waals surface area (Å²) in [5, 5.41) is 15.1. The molecule has 1 unspecified atom stereocenters. The minimum atomic E-state index is -3.65. The third kappa shape index (κ3) is 2.38. The molecule has 1 aromatic rings. The zero-order valence-electron chi connectivity index (χ0n) is 10.0. The van der Waals surface area contributed by atoms with E-state index in [1.165, 1.54) is 6.20 Å². The number of aromatic nitrogens is 1. The molecule has 0 aliphatic heterocycles. The van der Waals surface area contributed by atoms with Crippen molar-refractivity contribution in [2.45, 2.75) is 43.6 Å². The quantitative estimate of drug-likeness (QED) is 0.722. The molecule has 4 N–H and O–H groups in total. The molecule has 17 heavy (non-hydrogen) atoms. The van der Waals surface area contributed by atoms with Gasteiger partial charge in [-0.2, -0.15) is 0 Å². The first-order valence-electron chi connectivity index (χ1n) is 5.64. The summed E-state index contributed by atoms with van der Waals surface area (Å²) in [7, 11) is -3.65. The SMILES string of the molecule is CC(C)(O)C1CCc2c(S(N)(=O)=O)c[nH]c2C1. The van der Waals surface area contributed by atoms with Crippen LogP contribution in [0.4, 0.5) is 0 Å². The van der Waals surface area contributed by atoms with Crippen LogP contribution in [-0.2, 0) is 22.9 Å². The van der Waals surface area contributed by atoms with Crippen molar-refractivity contribution in [3.8, 4) is 0 Å². The van der Waals surface area contributed by atoms with Crippen LogP contribution in [0.5, 0.6) is 0 Å². The molecule has 0 radical (unpaired) electrons. The third-order valence-corrected chi connectivity index (χ3v) is 4.52. The number of nitrogens with one attached hydrogen (secondary N) is 1. The van der Waals surface area contributed by atoms with Crippen LogP contribution in [-0.4, -0.2) is 24.1 Å². The Morgan fingerprint density at radius 1 is 1.53 bits per heavy atom. The lowest BCUT2D eigenvalue weighted by Gasteiger charge is -2.32. The van der Waals surface area contributed by atoms with Crippen molar-refractivity contribution in [2.75, 3.05) is 0 Å². The molecule has 1 aromatic heterocycles. The Hall–Kier alpha value is -0.850. The van der Waals surface area contributed by atoms with Crippen LogP contribution in [0.25, 0.3) is 0 Å². The second kappa shape index (κ2) is 3.83. The van der Waals surface area contributed by atoms with Crippen LogP contribution < -0.4 is 5.14 Å². The van der Waals surface area contributed by atoms with Crippen molar-refractivity contribution in [3.63, 3.8) is 0 Å². The zero-order chi connectivity index (χ0) is 12.8. The van der Waals surface area contributed by atoms with E-state index in [0.29, 0.717) is 12.8 Å². The van der Waals surface area contributed by atoms with Gasteiger partial charge in [0.05, 0.1) is 5.60 Å². The van der Waals surface area contributed by atoms with Gasteiger partial charge < -0.3 is 10.1 Å². The van der Waals surface area contributed by atoms with Gasteiger partial charge in [0.2, 0.25) is 10.0 Å². The number of sulfonamides is 1. The molecule has 1 aliphatic rings. The minimum absolute atomic E-state index is 0.141. The van der Waals surface area contributed by atoms with Crippen LogP contribution in [0.3, 0.4) is 0 Å². The number of primary sulfonamides is 1. The molecule has 0 saturated carbocycles. The van der Waals surface area contributed by atoms with Gasteiger partial charge in [-0.1, -0.05) is 0 Å². The fourth-order valence-electron chi connectivity index (χ4n) is 2.46. The van der Waals surface area contributed by atoms with E-state index in [2.05, 4.69) is 4.98 Å². The summed E-state index contributed by atoms with van der Waals surface area (Å²) in [5.74, 6) is 0.141. The number of H-pyrrole nitrogens is 1. The smallest absolute Gasteiger partial charge is 0.239 e. The van der Waals surface area contributed by atoms with E-state index in [9.17, 15) is 13.5 Å². The lowest BCUT2D eigenvalue weighted by atomic mass is 9.78. The van der Waals surface area contributed by atoms with Gasteiger partial charge >= 0.3 is 0 Å². The van der Waals surface area contributed by atoms with E-state index < -0.39 is 15.6 Å². The summed E-state index contributed by atoms with van der Waals surface area (Å²) < 4.78 is 22.7. The van der Waals surface area contributed by atoms with Gasteiger partial charge in [0, 0.05) is 11.9 Å². The molecule has 1 aliphatic carbocycles. The van der Waals surface area contributed by atoms with Crippen LogP contribution in [0, 0.1) is 5.92 Å².